The molecule has 6 heteroatoms. The topological polar surface area (TPSA) is 30.7 Å². The maximum absolute atomic E-state index is 6.02. The molecular weight excluding hydrogens is 357 g/mol. The molecule has 3 nitrogen and oxygen atoms in total. The molecule has 1 aromatic carbocycles. The van der Waals surface area contributed by atoms with Crippen molar-refractivity contribution >= 4 is 43.5 Å². The fourth-order valence-electron chi connectivity index (χ4n) is 1.26. The predicted octanol–water partition coefficient (Wildman–Crippen LogP) is 3.62. The van der Waals surface area contributed by atoms with Gasteiger partial charge in [-0.1, -0.05) is 32.7 Å². The van der Waals surface area contributed by atoms with Crippen LogP contribution < -0.4 is 0 Å². The van der Waals surface area contributed by atoms with Gasteiger partial charge in [0.25, 0.3) is 0 Å². The Hall–Kier alpha value is -0.390. The average molecular weight is 365 g/mol. The molecule has 16 heavy (non-hydrogen) atoms. The molecule has 0 N–H and O–H groups in total. The van der Waals surface area contributed by atoms with Gasteiger partial charge >= 0.3 is 0 Å². The van der Waals surface area contributed by atoms with Crippen LogP contribution in [0.2, 0.25) is 5.02 Å². The lowest BCUT2D eigenvalue weighted by molar-refractivity contribution is 0.798. The Balaban J connectivity index is 2.31. The molecule has 0 fully saturated rings. The molecule has 2 rings (SSSR count). The highest BCUT2D eigenvalue weighted by Crippen LogP contribution is 2.24. The monoisotopic (exact) mass is 363 g/mol. The largest absolute Gasteiger partial charge is 0.220 e. The number of hydrogen-bond acceptors (Lipinski definition) is 2. The SMILES string of the molecule is Clc1cc(-n2cc(CCBr)nn2)ccc1Br. The van der Waals surface area contributed by atoms with E-state index in [1.807, 2.05) is 24.4 Å². The molecule has 0 bridgehead atoms. The van der Waals surface area contributed by atoms with E-state index in [0.717, 1.165) is 27.6 Å². The van der Waals surface area contributed by atoms with Crippen molar-refractivity contribution in [3.63, 3.8) is 0 Å². The van der Waals surface area contributed by atoms with E-state index in [2.05, 4.69) is 42.2 Å². The number of benzene rings is 1. The van der Waals surface area contributed by atoms with Crippen LogP contribution in [0.25, 0.3) is 5.69 Å². The summed E-state index contributed by atoms with van der Waals surface area (Å²) in [6.07, 6.45) is 2.77. The van der Waals surface area contributed by atoms with Crippen LogP contribution in [-0.2, 0) is 6.42 Å². The molecule has 0 spiro atoms. The highest BCUT2D eigenvalue weighted by molar-refractivity contribution is 9.10. The molecule has 0 saturated heterocycles. The van der Waals surface area contributed by atoms with E-state index in [-0.39, 0.29) is 0 Å². The van der Waals surface area contributed by atoms with Crippen LogP contribution in [0.15, 0.2) is 28.9 Å². The normalized spacial score (nSPS) is 10.7. The summed E-state index contributed by atoms with van der Waals surface area (Å²) in [6, 6.07) is 5.67. The summed E-state index contributed by atoms with van der Waals surface area (Å²) >= 11 is 12.7. The van der Waals surface area contributed by atoms with Gasteiger partial charge in [0.15, 0.2) is 0 Å². The van der Waals surface area contributed by atoms with E-state index in [1.54, 1.807) is 4.68 Å². The van der Waals surface area contributed by atoms with E-state index < -0.39 is 0 Å². The summed E-state index contributed by atoms with van der Waals surface area (Å²) in [5.41, 5.74) is 1.86. The van der Waals surface area contributed by atoms with Crippen molar-refractivity contribution in [1.82, 2.24) is 15.0 Å². The lowest BCUT2D eigenvalue weighted by Crippen LogP contribution is -1.94. The van der Waals surface area contributed by atoms with Gasteiger partial charge in [-0.2, -0.15) is 0 Å². The molecule has 0 aliphatic heterocycles. The first-order valence-corrected chi connectivity index (χ1v) is 6.92. The minimum atomic E-state index is 0.662. The average Bonchev–Trinajstić information content (AvgIpc) is 2.71. The summed E-state index contributed by atoms with van der Waals surface area (Å²) in [5.74, 6) is 0. The fraction of sp³-hybridized carbons (Fsp3) is 0.200. The summed E-state index contributed by atoms with van der Waals surface area (Å²) < 4.78 is 2.59. The number of halogens is 3. The zero-order chi connectivity index (χ0) is 11.5. The summed E-state index contributed by atoms with van der Waals surface area (Å²) in [7, 11) is 0. The smallest absolute Gasteiger partial charge is 0.0840 e. The first-order chi connectivity index (χ1) is 7.70. The number of aryl methyl sites for hydroxylation is 1. The number of aromatic nitrogens is 3. The zero-order valence-electron chi connectivity index (χ0n) is 8.20. The molecule has 84 valence electrons. The molecule has 0 aliphatic carbocycles. The second-order valence-electron chi connectivity index (χ2n) is 3.19. The van der Waals surface area contributed by atoms with E-state index in [0.29, 0.717) is 5.02 Å². The predicted molar refractivity (Wildman–Crippen MR) is 71.6 cm³/mol. The van der Waals surface area contributed by atoms with E-state index in [9.17, 15) is 0 Å². The Morgan fingerprint density at radius 2 is 2.19 bits per heavy atom. The van der Waals surface area contributed by atoms with Crippen LogP contribution in [0.4, 0.5) is 0 Å². The summed E-state index contributed by atoms with van der Waals surface area (Å²) in [4.78, 5) is 0. The second-order valence-corrected chi connectivity index (χ2v) is 5.25. The third kappa shape index (κ3) is 2.64. The van der Waals surface area contributed by atoms with Gasteiger partial charge in [-0.15, -0.1) is 5.10 Å². The third-order valence-corrected chi connectivity index (χ3v) is 3.69. The van der Waals surface area contributed by atoms with Crippen molar-refractivity contribution in [2.24, 2.45) is 0 Å². The van der Waals surface area contributed by atoms with E-state index in [1.165, 1.54) is 0 Å². The molecule has 1 aromatic heterocycles. The molecule has 0 saturated carbocycles. The van der Waals surface area contributed by atoms with Crippen LogP contribution in [0, 0.1) is 0 Å². The van der Waals surface area contributed by atoms with E-state index >= 15 is 0 Å². The van der Waals surface area contributed by atoms with Gasteiger partial charge in [-0.05, 0) is 34.1 Å². The number of nitrogens with zero attached hydrogens (tertiary/aromatic N) is 3. The van der Waals surface area contributed by atoms with Crippen LogP contribution in [0.3, 0.4) is 0 Å². The van der Waals surface area contributed by atoms with Crippen LogP contribution in [0.1, 0.15) is 5.69 Å². The highest BCUT2D eigenvalue weighted by Gasteiger charge is 2.04. The molecule has 2 aromatic rings. The Kier molecular flexibility index (Phi) is 4.00. The van der Waals surface area contributed by atoms with Crippen molar-refractivity contribution in [3.8, 4) is 5.69 Å². The van der Waals surface area contributed by atoms with Gasteiger partial charge in [0.05, 0.1) is 22.6 Å². The van der Waals surface area contributed by atoms with Gasteiger partial charge in [0.1, 0.15) is 0 Å². The van der Waals surface area contributed by atoms with Crippen molar-refractivity contribution < 1.29 is 0 Å². The van der Waals surface area contributed by atoms with Crippen LogP contribution in [0.5, 0.6) is 0 Å². The molecule has 0 unspecified atom stereocenters. The maximum Gasteiger partial charge on any atom is 0.0840 e. The number of hydrogen-bond donors (Lipinski definition) is 0. The molecule has 0 atom stereocenters. The molecule has 1 heterocycles. The summed E-state index contributed by atoms with van der Waals surface area (Å²) in [5, 5.41) is 9.65. The standard InChI is InChI=1S/C10H8Br2ClN3/c11-4-3-7-6-16(15-14-7)8-1-2-9(12)10(13)5-8/h1-2,5-6H,3-4H2. The first kappa shape index (κ1) is 12.1. The number of rotatable bonds is 3. The van der Waals surface area contributed by atoms with Crippen molar-refractivity contribution in [1.29, 1.82) is 0 Å². The van der Waals surface area contributed by atoms with Gasteiger partial charge in [0.2, 0.25) is 0 Å². The Bertz CT molecular complexity index is 499. The van der Waals surface area contributed by atoms with Crippen LogP contribution >= 0.6 is 43.5 Å². The van der Waals surface area contributed by atoms with E-state index in [4.69, 9.17) is 11.6 Å². The Labute approximate surface area is 115 Å². The first-order valence-electron chi connectivity index (χ1n) is 4.63. The minimum Gasteiger partial charge on any atom is -0.220 e. The maximum atomic E-state index is 6.02. The quantitative estimate of drug-likeness (QED) is 0.778. The van der Waals surface area contributed by atoms with Crippen molar-refractivity contribution in [3.05, 3.63) is 39.6 Å². The van der Waals surface area contributed by atoms with Crippen LogP contribution in [-0.4, -0.2) is 20.3 Å². The molecule has 0 radical (unpaired) electrons. The second kappa shape index (κ2) is 5.29. The number of alkyl halides is 1. The van der Waals surface area contributed by atoms with Gasteiger partial charge in [-0.25, -0.2) is 4.68 Å². The molecule has 0 amide bonds. The van der Waals surface area contributed by atoms with Gasteiger partial charge in [0, 0.05) is 16.2 Å². The highest BCUT2D eigenvalue weighted by atomic mass is 79.9. The van der Waals surface area contributed by atoms with Crippen molar-refractivity contribution in [2.75, 3.05) is 5.33 Å². The molecular formula is C10H8Br2ClN3. The van der Waals surface area contributed by atoms with Crippen molar-refractivity contribution in [2.45, 2.75) is 6.42 Å². The van der Waals surface area contributed by atoms with Gasteiger partial charge in [-0.3, -0.25) is 0 Å². The minimum absolute atomic E-state index is 0.662. The summed E-state index contributed by atoms with van der Waals surface area (Å²) in [6.45, 7) is 0. The lowest BCUT2D eigenvalue weighted by Gasteiger charge is -2.01. The lowest BCUT2D eigenvalue weighted by atomic mass is 10.3. The molecule has 0 aliphatic rings. The Morgan fingerprint density at radius 3 is 2.88 bits per heavy atom. The van der Waals surface area contributed by atoms with Gasteiger partial charge < -0.3 is 0 Å². The Morgan fingerprint density at radius 1 is 1.38 bits per heavy atom. The fourth-order valence-corrected chi connectivity index (χ4v) is 2.09. The zero-order valence-corrected chi connectivity index (χ0v) is 12.1. The third-order valence-electron chi connectivity index (χ3n) is 2.06.